The fraction of sp³-hybridized carbons (Fsp3) is 0.250. The number of rotatable bonds is 6. The first-order valence-corrected chi connectivity index (χ1v) is 8.65. The zero-order chi connectivity index (χ0) is 20.3. The van der Waals surface area contributed by atoms with Gasteiger partial charge in [-0.25, -0.2) is 14.1 Å². The number of halogens is 1. The molecule has 0 radical (unpaired) electrons. The topological polar surface area (TPSA) is 78.3 Å². The first-order valence-electron chi connectivity index (χ1n) is 8.65. The van der Waals surface area contributed by atoms with E-state index in [4.69, 9.17) is 9.47 Å². The van der Waals surface area contributed by atoms with Crippen LogP contribution in [0, 0.1) is 12.7 Å². The number of hydrogen-bond acceptors (Lipinski definition) is 5. The van der Waals surface area contributed by atoms with Crippen molar-refractivity contribution < 1.29 is 18.7 Å². The highest BCUT2D eigenvalue weighted by Gasteiger charge is 2.20. The molecule has 1 atom stereocenters. The molecule has 3 rings (SSSR count). The Morgan fingerprint density at radius 1 is 1.14 bits per heavy atom. The summed E-state index contributed by atoms with van der Waals surface area (Å²) in [7, 11) is 3.14. The van der Waals surface area contributed by atoms with E-state index in [1.165, 1.54) is 16.8 Å². The Hall–Kier alpha value is -3.42. The standard InChI is InChI=1S/C20H21FN4O3/c1-12(17-11-16(27-3)9-10-18(17)28-4)22-20(26)19-23-13(2)25(24-19)15-7-5-14(21)6-8-15/h5-12H,1-4H3,(H,22,26)/t12-/m1/s1. The van der Waals surface area contributed by atoms with Crippen molar-refractivity contribution >= 4 is 5.91 Å². The lowest BCUT2D eigenvalue weighted by atomic mass is 10.1. The van der Waals surface area contributed by atoms with Crippen LogP contribution in [0.4, 0.5) is 4.39 Å². The minimum Gasteiger partial charge on any atom is -0.497 e. The molecule has 1 aromatic heterocycles. The molecule has 28 heavy (non-hydrogen) atoms. The normalized spacial score (nSPS) is 11.8. The molecule has 0 saturated heterocycles. The molecule has 7 nitrogen and oxygen atoms in total. The number of amides is 1. The predicted molar refractivity (Wildman–Crippen MR) is 101 cm³/mol. The van der Waals surface area contributed by atoms with Gasteiger partial charge in [-0.3, -0.25) is 4.79 Å². The van der Waals surface area contributed by atoms with Gasteiger partial charge in [0.2, 0.25) is 5.82 Å². The summed E-state index contributed by atoms with van der Waals surface area (Å²) in [6.45, 7) is 3.56. The molecule has 0 saturated carbocycles. The van der Waals surface area contributed by atoms with Gasteiger partial charge in [0.05, 0.1) is 25.9 Å². The molecule has 146 valence electrons. The molecular formula is C20H21FN4O3. The van der Waals surface area contributed by atoms with Gasteiger partial charge >= 0.3 is 0 Å². The lowest BCUT2D eigenvalue weighted by molar-refractivity contribution is 0.0929. The molecule has 0 fully saturated rings. The summed E-state index contributed by atoms with van der Waals surface area (Å²) < 4.78 is 25.2. The molecule has 1 amide bonds. The van der Waals surface area contributed by atoms with E-state index in [2.05, 4.69) is 15.4 Å². The highest BCUT2D eigenvalue weighted by atomic mass is 19.1. The van der Waals surface area contributed by atoms with Gasteiger partial charge < -0.3 is 14.8 Å². The van der Waals surface area contributed by atoms with Crippen LogP contribution in [0.15, 0.2) is 42.5 Å². The van der Waals surface area contributed by atoms with Crippen LogP contribution in [-0.2, 0) is 0 Å². The minimum absolute atomic E-state index is 0.0236. The van der Waals surface area contributed by atoms with Crippen molar-refractivity contribution in [3.05, 3.63) is 65.5 Å². The van der Waals surface area contributed by atoms with Gasteiger partial charge in [0, 0.05) is 5.56 Å². The van der Waals surface area contributed by atoms with Gasteiger partial charge in [-0.1, -0.05) is 0 Å². The molecule has 0 spiro atoms. The smallest absolute Gasteiger partial charge is 0.291 e. The van der Waals surface area contributed by atoms with E-state index >= 15 is 0 Å². The second kappa shape index (κ2) is 8.08. The van der Waals surface area contributed by atoms with E-state index in [1.54, 1.807) is 51.5 Å². The Kier molecular flexibility index (Phi) is 5.58. The van der Waals surface area contributed by atoms with Crippen molar-refractivity contribution in [2.45, 2.75) is 19.9 Å². The lowest BCUT2D eigenvalue weighted by Crippen LogP contribution is -2.28. The molecule has 1 heterocycles. The summed E-state index contributed by atoms with van der Waals surface area (Å²) in [5, 5.41) is 7.11. The van der Waals surface area contributed by atoms with Crippen LogP contribution in [-0.4, -0.2) is 34.9 Å². The number of hydrogen-bond donors (Lipinski definition) is 1. The van der Waals surface area contributed by atoms with Crippen LogP contribution < -0.4 is 14.8 Å². The zero-order valence-electron chi connectivity index (χ0n) is 16.1. The van der Waals surface area contributed by atoms with Crippen molar-refractivity contribution in [3.8, 4) is 17.2 Å². The average molecular weight is 384 g/mol. The molecule has 8 heteroatoms. The quantitative estimate of drug-likeness (QED) is 0.706. The number of methoxy groups -OCH3 is 2. The molecule has 0 bridgehead atoms. The van der Waals surface area contributed by atoms with Crippen molar-refractivity contribution in [2.75, 3.05) is 14.2 Å². The van der Waals surface area contributed by atoms with Gasteiger partial charge in [-0.15, -0.1) is 5.10 Å². The third-order valence-corrected chi connectivity index (χ3v) is 4.29. The molecule has 0 aliphatic rings. The van der Waals surface area contributed by atoms with Crippen molar-refractivity contribution in [1.82, 2.24) is 20.1 Å². The molecule has 0 unspecified atom stereocenters. The Balaban J connectivity index is 1.82. The van der Waals surface area contributed by atoms with Crippen molar-refractivity contribution in [2.24, 2.45) is 0 Å². The van der Waals surface area contributed by atoms with Crippen LogP contribution in [0.25, 0.3) is 5.69 Å². The van der Waals surface area contributed by atoms with Crippen LogP contribution in [0.3, 0.4) is 0 Å². The molecular weight excluding hydrogens is 363 g/mol. The SMILES string of the molecule is COc1ccc(OC)c([C@@H](C)NC(=O)c2nc(C)n(-c3ccc(F)cc3)n2)c1. The number of aryl methyl sites for hydroxylation is 1. The molecule has 1 N–H and O–H groups in total. The van der Waals surface area contributed by atoms with Gasteiger partial charge in [0.15, 0.2) is 0 Å². The van der Waals surface area contributed by atoms with Crippen LogP contribution in [0.5, 0.6) is 11.5 Å². The second-order valence-electron chi connectivity index (χ2n) is 6.17. The third kappa shape index (κ3) is 3.95. The summed E-state index contributed by atoms with van der Waals surface area (Å²) in [4.78, 5) is 16.9. The number of carbonyl (C=O) groups is 1. The number of aromatic nitrogens is 3. The largest absolute Gasteiger partial charge is 0.497 e. The maximum absolute atomic E-state index is 13.1. The highest BCUT2D eigenvalue weighted by Crippen LogP contribution is 2.29. The van der Waals surface area contributed by atoms with E-state index in [1.807, 2.05) is 6.92 Å². The molecule has 0 aliphatic carbocycles. The maximum atomic E-state index is 13.1. The summed E-state index contributed by atoms with van der Waals surface area (Å²) in [5.41, 5.74) is 1.39. The highest BCUT2D eigenvalue weighted by molar-refractivity contribution is 5.90. The molecule has 0 aliphatic heterocycles. The summed E-state index contributed by atoms with van der Waals surface area (Å²) in [6.07, 6.45) is 0. The van der Waals surface area contributed by atoms with E-state index in [0.717, 1.165) is 5.56 Å². The second-order valence-corrected chi connectivity index (χ2v) is 6.17. The van der Waals surface area contributed by atoms with Crippen LogP contribution in [0.1, 0.15) is 35.0 Å². The Morgan fingerprint density at radius 2 is 1.86 bits per heavy atom. The summed E-state index contributed by atoms with van der Waals surface area (Å²) in [5.74, 6) is 1.06. The first kappa shape index (κ1) is 19.3. The van der Waals surface area contributed by atoms with Gasteiger partial charge in [0.1, 0.15) is 23.1 Å². The van der Waals surface area contributed by atoms with Crippen LogP contribution >= 0.6 is 0 Å². The third-order valence-electron chi connectivity index (χ3n) is 4.29. The fourth-order valence-corrected chi connectivity index (χ4v) is 2.83. The Morgan fingerprint density at radius 3 is 2.50 bits per heavy atom. The minimum atomic E-state index is -0.429. The monoisotopic (exact) mass is 384 g/mol. The van der Waals surface area contributed by atoms with E-state index in [9.17, 15) is 9.18 Å². The van der Waals surface area contributed by atoms with Gasteiger partial charge in [-0.2, -0.15) is 0 Å². The summed E-state index contributed by atoms with van der Waals surface area (Å²) >= 11 is 0. The average Bonchev–Trinajstić information content (AvgIpc) is 3.09. The van der Waals surface area contributed by atoms with Gasteiger partial charge in [0.25, 0.3) is 5.91 Å². The Bertz CT molecular complexity index is 986. The van der Waals surface area contributed by atoms with E-state index < -0.39 is 5.91 Å². The zero-order valence-corrected chi connectivity index (χ0v) is 16.1. The lowest BCUT2D eigenvalue weighted by Gasteiger charge is -2.17. The number of benzene rings is 2. The van der Waals surface area contributed by atoms with Crippen LogP contribution in [0.2, 0.25) is 0 Å². The fourth-order valence-electron chi connectivity index (χ4n) is 2.83. The predicted octanol–water partition coefficient (Wildman–Crippen LogP) is 3.22. The number of nitrogens with one attached hydrogen (secondary N) is 1. The summed E-state index contributed by atoms with van der Waals surface area (Å²) in [6, 6.07) is 10.8. The van der Waals surface area contributed by atoms with Crippen molar-refractivity contribution in [1.29, 1.82) is 0 Å². The number of carbonyl (C=O) groups excluding carboxylic acids is 1. The van der Waals surface area contributed by atoms with Crippen molar-refractivity contribution in [3.63, 3.8) is 0 Å². The molecule has 2 aromatic carbocycles. The van der Waals surface area contributed by atoms with E-state index in [-0.39, 0.29) is 17.7 Å². The van der Waals surface area contributed by atoms with E-state index in [0.29, 0.717) is 23.0 Å². The first-order chi connectivity index (χ1) is 13.4. The Labute approximate surface area is 162 Å². The maximum Gasteiger partial charge on any atom is 0.291 e. The van der Waals surface area contributed by atoms with Gasteiger partial charge in [-0.05, 0) is 56.3 Å². The molecule has 3 aromatic rings. The number of ether oxygens (including phenoxy) is 2. The number of nitrogens with zero attached hydrogens (tertiary/aromatic N) is 3.